The Bertz CT molecular complexity index is 709. The number of fused-ring (bicyclic) bond motifs is 1. The van der Waals surface area contributed by atoms with E-state index in [-0.39, 0.29) is 12.5 Å². The molecule has 0 radical (unpaired) electrons. The topological polar surface area (TPSA) is 71.2 Å². The SMILES string of the molecule is O=C(c1ccc(C#CCO)cn1)N1CCn2ccnc2C1. The maximum atomic E-state index is 12.4. The van der Waals surface area contributed by atoms with E-state index < -0.39 is 0 Å². The number of nitrogens with zero attached hydrogens (tertiary/aromatic N) is 4. The first-order valence-corrected chi connectivity index (χ1v) is 6.63. The minimum atomic E-state index is -0.193. The van der Waals surface area contributed by atoms with Crippen molar-refractivity contribution < 1.29 is 9.90 Å². The Morgan fingerprint density at radius 2 is 2.24 bits per heavy atom. The molecule has 6 nitrogen and oxygen atoms in total. The van der Waals surface area contributed by atoms with Crippen LogP contribution in [-0.2, 0) is 13.1 Å². The summed E-state index contributed by atoms with van der Waals surface area (Å²) in [6, 6.07) is 3.39. The molecule has 6 heteroatoms. The van der Waals surface area contributed by atoms with Gasteiger partial charge in [0.2, 0.25) is 0 Å². The molecule has 0 saturated heterocycles. The summed E-state index contributed by atoms with van der Waals surface area (Å²) in [5.41, 5.74) is 1.07. The Labute approximate surface area is 122 Å². The van der Waals surface area contributed by atoms with Crippen molar-refractivity contribution in [2.45, 2.75) is 13.1 Å². The van der Waals surface area contributed by atoms with E-state index in [2.05, 4.69) is 21.8 Å². The third kappa shape index (κ3) is 2.78. The van der Waals surface area contributed by atoms with Crippen LogP contribution in [0.25, 0.3) is 0 Å². The average molecular weight is 282 g/mol. The van der Waals surface area contributed by atoms with Gasteiger partial charge in [0.25, 0.3) is 5.91 Å². The molecule has 0 spiro atoms. The minimum absolute atomic E-state index is 0.106. The zero-order chi connectivity index (χ0) is 14.7. The predicted molar refractivity (Wildman–Crippen MR) is 75.2 cm³/mol. The number of amides is 1. The van der Waals surface area contributed by atoms with E-state index in [0.29, 0.717) is 24.3 Å². The van der Waals surface area contributed by atoms with Crippen molar-refractivity contribution in [1.29, 1.82) is 0 Å². The van der Waals surface area contributed by atoms with E-state index in [1.54, 1.807) is 29.4 Å². The third-order valence-electron chi connectivity index (χ3n) is 3.33. The van der Waals surface area contributed by atoms with Crippen molar-refractivity contribution in [3.05, 3.63) is 47.8 Å². The van der Waals surface area contributed by atoms with Crippen molar-refractivity contribution in [3.8, 4) is 11.8 Å². The van der Waals surface area contributed by atoms with Gasteiger partial charge < -0.3 is 14.6 Å². The van der Waals surface area contributed by atoms with E-state index in [1.807, 2.05) is 10.8 Å². The smallest absolute Gasteiger partial charge is 0.272 e. The molecular weight excluding hydrogens is 268 g/mol. The zero-order valence-electron chi connectivity index (χ0n) is 11.4. The highest BCUT2D eigenvalue weighted by molar-refractivity contribution is 5.92. The summed E-state index contributed by atoms with van der Waals surface area (Å²) in [5.74, 6) is 6.08. The van der Waals surface area contributed by atoms with Crippen LogP contribution in [0.5, 0.6) is 0 Å². The molecule has 1 amide bonds. The normalized spacial score (nSPS) is 13.3. The Kier molecular flexibility index (Phi) is 3.67. The second kappa shape index (κ2) is 5.77. The van der Waals surface area contributed by atoms with E-state index in [0.717, 1.165) is 12.4 Å². The summed E-state index contributed by atoms with van der Waals surface area (Å²) in [7, 11) is 0. The summed E-state index contributed by atoms with van der Waals surface area (Å²) in [4.78, 5) is 22.5. The molecule has 0 saturated carbocycles. The number of aromatic nitrogens is 3. The van der Waals surface area contributed by atoms with Gasteiger partial charge in [-0.05, 0) is 12.1 Å². The number of hydrogen-bond donors (Lipinski definition) is 1. The molecule has 0 unspecified atom stereocenters. The van der Waals surface area contributed by atoms with Gasteiger partial charge in [-0.25, -0.2) is 9.97 Å². The first kappa shape index (κ1) is 13.3. The number of pyridine rings is 1. The number of carbonyl (C=O) groups is 1. The largest absolute Gasteiger partial charge is 0.384 e. The molecule has 0 aromatic carbocycles. The molecule has 106 valence electrons. The predicted octanol–water partition coefficient (Wildman–Crippen LogP) is 0.278. The maximum Gasteiger partial charge on any atom is 0.272 e. The van der Waals surface area contributed by atoms with Crippen molar-refractivity contribution in [2.24, 2.45) is 0 Å². The molecule has 2 aromatic heterocycles. The molecule has 1 aliphatic rings. The molecule has 3 heterocycles. The van der Waals surface area contributed by atoms with Gasteiger partial charge in [-0.3, -0.25) is 4.79 Å². The lowest BCUT2D eigenvalue weighted by molar-refractivity contribution is 0.0701. The van der Waals surface area contributed by atoms with Crippen LogP contribution >= 0.6 is 0 Å². The van der Waals surface area contributed by atoms with E-state index in [1.165, 1.54) is 0 Å². The monoisotopic (exact) mass is 282 g/mol. The van der Waals surface area contributed by atoms with Crippen molar-refractivity contribution >= 4 is 5.91 Å². The van der Waals surface area contributed by atoms with Crippen LogP contribution in [0.3, 0.4) is 0 Å². The molecule has 0 bridgehead atoms. The van der Waals surface area contributed by atoms with Gasteiger partial charge in [-0.1, -0.05) is 11.8 Å². The lowest BCUT2D eigenvalue weighted by atomic mass is 10.2. The number of rotatable bonds is 1. The van der Waals surface area contributed by atoms with E-state index in [9.17, 15) is 4.79 Å². The Morgan fingerprint density at radius 1 is 1.33 bits per heavy atom. The quantitative estimate of drug-likeness (QED) is 0.763. The van der Waals surface area contributed by atoms with Crippen LogP contribution in [-0.4, -0.2) is 43.6 Å². The molecule has 2 aromatic rings. The average Bonchev–Trinajstić information content (AvgIpc) is 3.00. The highest BCUT2D eigenvalue weighted by Gasteiger charge is 2.22. The van der Waals surface area contributed by atoms with Crippen LogP contribution in [0.15, 0.2) is 30.7 Å². The second-order valence-electron chi connectivity index (χ2n) is 4.66. The molecule has 0 aliphatic carbocycles. The zero-order valence-corrected chi connectivity index (χ0v) is 11.4. The van der Waals surface area contributed by atoms with Crippen LogP contribution in [0.1, 0.15) is 21.9 Å². The number of aliphatic hydroxyl groups is 1. The molecular formula is C15H14N4O2. The van der Waals surface area contributed by atoms with Crippen LogP contribution in [0.4, 0.5) is 0 Å². The van der Waals surface area contributed by atoms with Gasteiger partial charge in [0.1, 0.15) is 18.1 Å². The number of aliphatic hydroxyl groups excluding tert-OH is 1. The van der Waals surface area contributed by atoms with Crippen molar-refractivity contribution in [3.63, 3.8) is 0 Å². The molecule has 0 fully saturated rings. The fraction of sp³-hybridized carbons (Fsp3) is 0.267. The summed E-state index contributed by atoms with van der Waals surface area (Å²) in [5, 5.41) is 8.64. The Balaban J connectivity index is 1.74. The number of imidazole rings is 1. The Morgan fingerprint density at radius 3 is 3.00 bits per heavy atom. The number of carbonyl (C=O) groups excluding carboxylic acids is 1. The third-order valence-corrected chi connectivity index (χ3v) is 3.33. The fourth-order valence-electron chi connectivity index (χ4n) is 2.24. The van der Waals surface area contributed by atoms with Crippen LogP contribution in [0, 0.1) is 11.8 Å². The van der Waals surface area contributed by atoms with Gasteiger partial charge in [-0.15, -0.1) is 0 Å². The Hall–Kier alpha value is -2.65. The fourth-order valence-corrected chi connectivity index (χ4v) is 2.24. The molecule has 1 aliphatic heterocycles. The summed E-state index contributed by atoms with van der Waals surface area (Å²) < 4.78 is 2.05. The van der Waals surface area contributed by atoms with Gasteiger partial charge in [0.15, 0.2) is 0 Å². The van der Waals surface area contributed by atoms with E-state index in [4.69, 9.17) is 5.11 Å². The van der Waals surface area contributed by atoms with Crippen molar-refractivity contribution in [1.82, 2.24) is 19.4 Å². The molecule has 0 atom stereocenters. The van der Waals surface area contributed by atoms with Gasteiger partial charge in [0.05, 0.1) is 6.54 Å². The lowest BCUT2D eigenvalue weighted by Gasteiger charge is -2.27. The minimum Gasteiger partial charge on any atom is -0.384 e. The lowest BCUT2D eigenvalue weighted by Crippen LogP contribution is -2.38. The molecule has 21 heavy (non-hydrogen) atoms. The van der Waals surface area contributed by atoms with Gasteiger partial charge in [-0.2, -0.15) is 0 Å². The highest BCUT2D eigenvalue weighted by Crippen LogP contribution is 2.13. The van der Waals surface area contributed by atoms with Crippen LogP contribution in [0.2, 0.25) is 0 Å². The maximum absolute atomic E-state index is 12.4. The first-order valence-electron chi connectivity index (χ1n) is 6.63. The van der Waals surface area contributed by atoms with E-state index >= 15 is 0 Å². The van der Waals surface area contributed by atoms with Gasteiger partial charge >= 0.3 is 0 Å². The van der Waals surface area contributed by atoms with Gasteiger partial charge in [0, 0.05) is 37.2 Å². The summed E-state index contributed by atoms with van der Waals surface area (Å²) in [6.45, 7) is 1.71. The molecule has 3 rings (SSSR count). The van der Waals surface area contributed by atoms with Crippen LogP contribution < -0.4 is 0 Å². The number of hydrogen-bond acceptors (Lipinski definition) is 4. The summed E-state index contributed by atoms with van der Waals surface area (Å²) in [6.07, 6.45) is 5.21. The summed E-state index contributed by atoms with van der Waals surface area (Å²) >= 11 is 0. The second-order valence-corrected chi connectivity index (χ2v) is 4.66. The first-order chi connectivity index (χ1) is 10.3. The highest BCUT2D eigenvalue weighted by atomic mass is 16.2. The standard InChI is InChI=1S/C15H14N4O2/c20-9-1-2-12-3-4-13(17-10-12)15(21)19-8-7-18-6-5-16-14(18)11-19/h3-6,10,20H,7-9,11H2. The molecule has 1 N–H and O–H groups in total. The van der Waals surface area contributed by atoms with Crippen molar-refractivity contribution in [2.75, 3.05) is 13.2 Å².